The molecule has 1 heterocycles. The van der Waals surface area contributed by atoms with Crippen LogP contribution in [0.2, 0.25) is 0 Å². The maximum atomic E-state index is 11.5. The van der Waals surface area contributed by atoms with Crippen LogP contribution in [0.15, 0.2) is 21.7 Å². The topological polar surface area (TPSA) is 112 Å². The van der Waals surface area contributed by atoms with E-state index in [9.17, 15) is 19.7 Å². The summed E-state index contributed by atoms with van der Waals surface area (Å²) in [6, 6.07) is 2.67. The number of rotatable bonds is 5. The minimum absolute atomic E-state index is 0.118. The predicted octanol–water partition coefficient (Wildman–Crippen LogP) is 0.966. The van der Waals surface area contributed by atoms with Crippen LogP contribution in [0.3, 0.4) is 0 Å². The zero-order valence-corrected chi connectivity index (χ0v) is 11.8. The third-order valence-electron chi connectivity index (χ3n) is 3.40. The van der Waals surface area contributed by atoms with Gasteiger partial charge in [-0.25, -0.2) is 0 Å². The van der Waals surface area contributed by atoms with Crippen LogP contribution in [-0.4, -0.2) is 32.9 Å². The number of benzene rings is 1. The van der Waals surface area contributed by atoms with Crippen molar-refractivity contribution in [3.8, 4) is 0 Å². The molecular formula is C13H16N4O4. The van der Waals surface area contributed by atoms with Crippen LogP contribution < -0.4 is 11.1 Å². The van der Waals surface area contributed by atoms with E-state index in [4.69, 9.17) is 0 Å². The summed E-state index contributed by atoms with van der Waals surface area (Å²) < 4.78 is 0. The number of non-ortho nitro benzene ring substituents is 1. The van der Waals surface area contributed by atoms with Crippen molar-refractivity contribution in [2.45, 2.75) is 20.4 Å². The summed E-state index contributed by atoms with van der Waals surface area (Å²) in [7, 11) is 0. The smallest absolute Gasteiger partial charge is 0.314 e. The lowest BCUT2D eigenvalue weighted by molar-refractivity contribution is -0.384. The van der Waals surface area contributed by atoms with E-state index in [0.717, 1.165) is 13.1 Å². The monoisotopic (exact) mass is 292 g/mol. The lowest BCUT2D eigenvalue weighted by Crippen LogP contribution is -2.30. The van der Waals surface area contributed by atoms with Crippen LogP contribution in [0.1, 0.15) is 19.4 Å². The number of hydrogen-bond acceptors (Lipinski definition) is 5. The van der Waals surface area contributed by atoms with Gasteiger partial charge in [-0.1, -0.05) is 13.8 Å². The summed E-state index contributed by atoms with van der Waals surface area (Å²) in [6.07, 6.45) is 0. The molecule has 0 radical (unpaired) electrons. The fourth-order valence-corrected chi connectivity index (χ4v) is 2.20. The van der Waals surface area contributed by atoms with Gasteiger partial charge in [-0.2, -0.15) is 0 Å². The Kier molecular flexibility index (Phi) is 4.18. The van der Waals surface area contributed by atoms with E-state index in [1.54, 1.807) is 0 Å². The van der Waals surface area contributed by atoms with E-state index in [1.165, 1.54) is 12.1 Å². The molecule has 0 bridgehead atoms. The van der Waals surface area contributed by atoms with Crippen LogP contribution in [0.25, 0.3) is 11.0 Å². The van der Waals surface area contributed by atoms with E-state index < -0.39 is 16.0 Å². The second-order valence-electron chi connectivity index (χ2n) is 4.65. The minimum Gasteiger partial charge on any atom is -0.316 e. The van der Waals surface area contributed by atoms with Gasteiger partial charge in [-0.05, 0) is 18.7 Å². The highest BCUT2D eigenvalue weighted by Gasteiger charge is 2.15. The second-order valence-corrected chi connectivity index (χ2v) is 4.65. The fraction of sp³-hybridized carbons (Fsp3) is 0.385. The van der Waals surface area contributed by atoms with Gasteiger partial charge in [0, 0.05) is 18.7 Å². The lowest BCUT2D eigenvalue weighted by atomic mass is 10.1. The number of nitrogens with zero attached hydrogens (tertiary/aromatic N) is 2. The number of aromatic amines is 2. The Morgan fingerprint density at radius 1 is 1.14 bits per heavy atom. The highest BCUT2D eigenvalue weighted by atomic mass is 16.6. The van der Waals surface area contributed by atoms with E-state index >= 15 is 0 Å². The largest absolute Gasteiger partial charge is 0.316 e. The van der Waals surface area contributed by atoms with Crippen molar-refractivity contribution in [2.24, 2.45) is 0 Å². The first-order valence-corrected chi connectivity index (χ1v) is 6.62. The molecule has 8 heteroatoms. The van der Waals surface area contributed by atoms with Crippen LogP contribution in [0.5, 0.6) is 0 Å². The summed E-state index contributed by atoms with van der Waals surface area (Å²) >= 11 is 0. The first kappa shape index (κ1) is 14.9. The minimum atomic E-state index is -0.822. The molecule has 0 saturated heterocycles. The number of hydrogen-bond donors (Lipinski definition) is 2. The van der Waals surface area contributed by atoms with E-state index in [0.29, 0.717) is 17.6 Å². The standard InChI is InChI=1S/C13H16N4O4/c1-3-16(4-2)7-8-5-9(17(20)21)6-10-11(8)15-13(19)12(18)14-10/h5-6H,3-4,7H2,1-2H3,(H,14,18)(H,15,19). The third-order valence-corrected chi connectivity index (χ3v) is 3.40. The summed E-state index contributed by atoms with van der Waals surface area (Å²) in [5.41, 5.74) is -0.411. The number of aromatic nitrogens is 2. The SMILES string of the molecule is CCN(CC)Cc1cc([N+](=O)[O-])cc2[nH]c(=O)c(=O)[nH]c12. The highest BCUT2D eigenvalue weighted by molar-refractivity contribution is 5.80. The van der Waals surface area contributed by atoms with E-state index in [-0.39, 0.29) is 11.2 Å². The molecule has 0 aliphatic rings. The molecule has 0 amide bonds. The number of nitro groups is 1. The van der Waals surface area contributed by atoms with Crippen molar-refractivity contribution in [3.63, 3.8) is 0 Å². The molecule has 0 fully saturated rings. The van der Waals surface area contributed by atoms with Crippen molar-refractivity contribution in [3.05, 3.63) is 48.5 Å². The lowest BCUT2D eigenvalue weighted by Gasteiger charge is -2.18. The van der Waals surface area contributed by atoms with Crippen LogP contribution in [-0.2, 0) is 6.54 Å². The number of fused-ring (bicyclic) bond motifs is 1. The van der Waals surface area contributed by atoms with Gasteiger partial charge in [-0.3, -0.25) is 24.6 Å². The molecule has 0 saturated carbocycles. The molecule has 0 spiro atoms. The van der Waals surface area contributed by atoms with Gasteiger partial charge in [0.05, 0.1) is 16.0 Å². The van der Waals surface area contributed by atoms with Crippen molar-refractivity contribution in [2.75, 3.05) is 13.1 Å². The Hall–Kier alpha value is -2.48. The Morgan fingerprint density at radius 2 is 1.76 bits per heavy atom. The first-order chi connectivity index (χ1) is 9.96. The van der Waals surface area contributed by atoms with Crippen LogP contribution in [0, 0.1) is 10.1 Å². The van der Waals surface area contributed by atoms with Crippen molar-refractivity contribution >= 4 is 16.7 Å². The average molecular weight is 292 g/mol. The normalized spacial score (nSPS) is 11.2. The van der Waals surface area contributed by atoms with Crippen molar-refractivity contribution in [1.82, 2.24) is 14.9 Å². The fourth-order valence-electron chi connectivity index (χ4n) is 2.20. The van der Waals surface area contributed by atoms with E-state index in [1.807, 2.05) is 13.8 Å². The van der Waals surface area contributed by atoms with Gasteiger partial charge in [0.1, 0.15) is 0 Å². The summed E-state index contributed by atoms with van der Waals surface area (Å²) in [4.78, 5) is 40.3. The number of nitrogens with one attached hydrogen (secondary N) is 2. The zero-order valence-electron chi connectivity index (χ0n) is 11.8. The molecule has 2 aromatic rings. The van der Waals surface area contributed by atoms with Gasteiger partial charge in [0.25, 0.3) is 5.69 Å². The Labute approximate surface area is 119 Å². The molecule has 0 aliphatic carbocycles. The molecule has 21 heavy (non-hydrogen) atoms. The highest BCUT2D eigenvalue weighted by Crippen LogP contribution is 2.22. The molecule has 2 rings (SSSR count). The van der Waals surface area contributed by atoms with E-state index in [2.05, 4.69) is 14.9 Å². The van der Waals surface area contributed by atoms with Gasteiger partial charge < -0.3 is 9.97 Å². The summed E-state index contributed by atoms with van der Waals surface area (Å²) in [5, 5.41) is 11.0. The van der Waals surface area contributed by atoms with Crippen LogP contribution >= 0.6 is 0 Å². The molecule has 0 unspecified atom stereocenters. The molecule has 1 aromatic heterocycles. The molecular weight excluding hydrogens is 276 g/mol. The molecule has 1 aromatic carbocycles. The maximum Gasteiger partial charge on any atom is 0.314 e. The maximum absolute atomic E-state index is 11.5. The molecule has 0 aliphatic heterocycles. The first-order valence-electron chi connectivity index (χ1n) is 6.62. The van der Waals surface area contributed by atoms with Gasteiger partial charge in [0.15, 0.2) is 0 Å². The summed E-state index contributed by atoms with van der Waals surface area (Å²) in [6.45, 7) is 5.96. The third kappa shape index (κ3) is 3.00. The number of nitro benzene ring substituents is 1. The molecule has 2 N–H and O–H groups in total. The van der Waals surface area contributed by atoms with Gasteiger partial charge >= 0.3 is 11.1 Å². The number of H-pyrrole nitrogens is 2. The quantitative estimate of drug-likeness (QED) is 0.484. The van der Waals surface area contributed by atoms with Crippen LogP contribution in [0.4, 0.5) is 5.69 Å². The zero-order chi connectivity index (χ0) is 15.6. The molecule has 0 atom stereocenters. The predicted molar refractivity (Wildman–Crippen MR) is 78.5 cm³/mol. The Morgan fingerprint density at radius 3 is 2.33 bits per heavy atom. The Balaban J connectivity index is 2.70. The molecule has 8 nitrogen and oxygen atoms in total. The average Bonchev–Trinajstić information content (AvgIpc) is 2.45. The summed E-state index contributed by atoms with van der Waals surface area (Å²) in [5.74, 6) is 0. The van der Waals surface area contributed by atoms with Crippen molar-refractivity contribution < 1.29 is 4.92 Å². The second kappa shape index (κ2) is 5.88. The molecule has 112 valence electrons. The van der Waals surface area contributed by atoms with Gasteiger partial charge in [-0.15, -0.1) is 0 Å². The van der Waals surface area contributed by atoms with Crippen molar-refractivity contribution in [1.29, 1.82) is 0 Å². The van der Waals surface area contributed by atoms with Gasteiger partial charge in [0.2, 0.25) is 0 Å². The Bertz CT molecular complexity index is 789.